The number of benzene rings is 2. The van der Waals surface area contributed by atoms with E-state index in [2.05, 4.69) is 47.8 Å². The van der Waals surface area contributed by atoms with Crippen molar-refractivity contribution in [3.8, 4) is 17.2 Å². The van der Waals surface area contributed by atoms with Crippen molar-refractivity contribution < 1.29 is 44.0 Å². The van der Waals surface area contributed by atoms with Gasteiger partial charge in [0.2, 0.25) is 11.8 Å². The zero-order valence-corrected chi connectivity index (χ0v) is 29.2. The van der Waals surface area contributed by atoms with E-state index in [1.807, 2.05) is 0 Å². The number of imide groups is 2. The number of anilines is 1. The second kappa shape index (κ2) is 11.0. The third-order valence-electron chi connectivity index (χ3n) is 9.19. The predicted octanol–water partition coefficient (Wildman–Crippen LogP) is 5.25. The van der Waals surface area contributed by atoms with E-state index in [4.69, 9.17) is 27.9 Å². The van der Waals surface area contributed by atoms with Gasteiger partial charge in [0.1, 0.15) is 11.3 Å². The van der Waals surface area contributed by atoms with Crippen molar-refractivity contribution in [2.24, 2.45) is 17.8 Å². The minimum atomic E-state index is -2.08. The summed E-state index contributed by atoms with van der Waals surface area (Å²) in [6.45, 7) is 0. The Labute approximate surface area is 290 Å². The van der Waals surface area contributed by atoms with Crippen LogP contribution in [0.5, 0.6) is 17.2 Å². The minimum Gasteiger partial charge on any atom is -0.507 e. The van der Waals surface area contributed by atoms with Crippen molar-refractivity contribution in [2.45, 2.75) is 28.5 Å². The van der Waals surface area contributed by atoms with Gasteiger partial charge in [0, 0.05) is 16.5 Å². The first-order chi connectivity index (χ1) is 21.1. The Kier molecular flexibility index (Phi) is 7.87. The molecule has 0 spiro atoms. The number of allylic oxidation sites excluding steroid dienone is 2. The summed E-state index contributed by atoms with van der Waals surface area (Å²) in [5.41, 5.74) is 0.231. The number of amides is 4. The van der Waals surface area contributed by atoms with E-state index in [-0.39, 0.29) is 40.0 Å². The molecule has 4 amide bonds. The zero-order chi connectivity index (χ0) is 32.9. The lowest BCUT2D eigenvalue weighted by atomic mass is 9.56. The third-order valence-corrected chi connectivity index (χ3v) is 13.3. The van der Waals surface area contributed by atoms with Crippen LogP contribution in [0.25, 0.3) is 0 Å². The summed E-state index contributed by atoms with van der Waals surface area (Å²) in [5.74, 6) is -8.82. The van der Waals surface area contributed by atoms with Crippen molar-refractivity contribution in [2.75, 3.05) is 17.5 Å². The van der Waals surface area contributed by atoms with Gasteiger partial charge in [-0.25, -0.2) is 9.69 Å². The molecular formula is C29H21Br3Cl2N2O9. The van der Waals surface area contributed by atoms with Crippen LogP contribution in [0.4, 0.5) is 5.69 Å². The number of nitrogens with zero attached hydrogens (tertiary/aromatic N) is 2. The summed E-state index contributed by atoms with van der Waals surface area (Å²) >= 11 is 24.5. The number of alkyl halides is 3. The molecule has 0 unspecified atom stereocenters. The lowest BCUT2D eigenvalue weighted by molar-refractivity contribution is -0.138. The van der Waals surface area contributed by atoms with E-state index in [0.29, 0.717) is 15.6 Å². The molecule has 2 aromatic rings. The fraction of sp³-hybridized carbons (Fsp3) is 0.345. The molecule has 2 aliphatic heterocycles. The Morgan fingerprint density at radius 1 is 1.04 bits per heavy atom. The Morgan fingerprint density at radius 3 is 2.33 bits per heavy atom. The monoisotopic (exact) mass is 848 g/mol. The molecule has 11 nitrogen and oxygen atoms in total. The first-order valence-electron chi connectivity index (χ1n) is 13.3. The molecule has 1 saturated carbocycles. The van der Waals surface area contributed by atoms with Crippen LogP contribution >= 0.6 is 71.0 Å². The zero-order valence-electron chi connectivity index (χ0n) is 22.9. The fourth-order valence-electron chi connectivity index (χ4n) is 7.17. The van der Waals surface area contributed by atoms with E-state index >= 15 is 0 Å². The Hall–Kier alpha value is -2.65. The molecule has 2 aliphatic carbocycles. The number of rotatable bonds is 5. The molecular weight excluding hydrogens is 831 g/mol. The molecule has 0 aromatic heterocycles. The minimum absolute atomic E-state index is 0.0179. The molecule has 0 bridgehead atoms. The summed E-state index contributed by atoms with van der Waals surface area (Å²) in [4.78, 5) is 64.8. The smallest absolute Gasteiger partial charge is 0.339 e. The third kappa shape index (κ3) is 4.21. The van der Waals surface area contributed by atoms with Crippen LogP contribution < -0.4 is 9.64 Å². The number of carboxylic acid groups (broad SMARTS) is 1. The van der Waals surface area contributed by atoms with Gasteiger partial charge in [0.15, 0.2) is 21.2 Å². The number of carbonyl (C=O) groups excluding carboxylic acids is 4. The number of carboxylic acids is 1. The van der Waals surface area contributed by atoms with Crippen molar-refractivity contribution in [1.82, 2.24) is 4.90 Å². The van der Waals surface area contributed by atoms with Crippen molar-refractivity contribution in [3.05, 3.63) is 56.0 Å². The summed E-state index contributed by atoms with van der Waals surface area (Å²) < 4.78 is 5.86. The van der Waals surface area contributed by atoms with Crippen LogP contribution in [0.3, 0.4) is 0 Å². The number of aromatic carboxylic acids is 1. The van der Waals surface area contributed by atoms with Gasteiger partial charge in [-0.15, -0.1) is 23.2 Å². The van der Waals surface area contributed by atoms with Gasteiger partial charge in [-0.05, 0) is 74.4 Å². The van der Waals surface area contributed by atoms with E-state index in [1.54, 1.807) is 6.08 Å². The Bertz CT molecular complexity index is 1790. The molecule has 4 aliphatic rings. The standard InChI is InChI=1S/C29H21Br3Cl2N2O9/c1-45-17-7-14(20(31)21(32)22(17)38)19-11-4-5-13-18(15(11)8-28(33)26(43)35(9-30)27(44)29(19,28)34)24(40)36(23(13)39)10-2-3-12(25(41)42)16(37)6-10/h2-4,6-7,13,15,18-19,37-38H,5,8-9H2,1H3,(H,41,42)/t13-,15+,18-,19+,28+,29-/m0/s1. The largest absolute Gasteiger partial charge is 0.507 e. The number of aromatic hydroxyl groups is 2. The molecule has 3 fully saturated rings. The number of halogens is 5. The molecule has 0 radical (unpaired) electrons. The van der Waals surface area contributed by atoms with Crippen molar-refractivity contribution >= 4 is 106 Å². The number of likely N-dealkylation sites (tertiary alicyclic amines) is 1. The molecule has 6 rings (SSSR count). The van der Waals surface area contributed by atoms with Crippen LogP contribution in [0, 0.1) is 17.8 Å². The van der Waals surface area contributed by atoms with Crippen molar-refractivity contribution in [1.29, 1.82) is 0 Å². The van der Waals surface area contributed by atoms with E-state index < -0.39 is 74.3 Å². The van der Waals surface area contributed by atoms with E-state index in [9.17, 15) is 39.3 Å². The number of phenols is 2. The predicted molar refractivity (Wildman–Crippen MR) is 171 cm³/mol. The first kappa shape index (κ1) is 32.3. The second-order valence-electron chi connectivity index (χ2n) is 11.1. The molecule has 2 heterocycles. The highest BCUT2D eigenvalue weighted by Crippen LogP contribution is 2.67. The number of methoxy groups -OCH3 is 1. The average molecular weight is 852 g/mol. The fourth-order valence-corrected chi connectivity index (χ4v) is 9.54. The molecule has 236 valence electrons. The first-order valence-corrected chi connectivity index (χ1v) is 16.8. The van der Waals surface area contributed by atoms with Crippen LogP contribution in [0.15, 0.2) is 44.9 Å². The maximum atomic E-state index is 14.2. The van der Waals surface area contributed by atoms with Crippen LogP contribution in [-0.2, 0) is 19.2 Å². The quantitative estimate of drug-likeness (QED) is 0.158. The summed E-state index contributed by atoms with van der Waals surface area (Å²) in [6.07, 6.45) is 1.57. The highest BCUT2D eigenvalue weighted by molar-refractivity contribution is 9.13. The highest BCUT2D eigenvalue weighted by atomic mass is 79.9. The van der Waals surface area contributed by atoms with Gasteiger partial charge in [-0.2, -0.15) is 0 Å². The summed E-state index contributed by atoms with van der Waals surface area (Å²) in [7, 11) is 1.34. The van der Waals surface area contributed by atoms with Crippen LogP contribution in [0.1, 0.15) is 34.7 Å². The number of carbonyl (C=O) groups is 5. The highest BCUT2D eigenvalue weighted by Gasteiger charge is 2.76. The summed E-state index contributed by atoms with van der Waals surface area (Å²) in [6, 6.07) is 4.86. The van der Waals surface area contributed by atoms with Crippen molar-refractivity contribution in [3.63, 3.8) is 0 Å². The maximum absolute atomic E-state index is 14.2. The normalized spacial score (nSPS) is 30.7. The lowest BCUT2D eigenvalue weighted by Crippen LogP contribution is -2.60. The van der Waals surface area contributed by atoms with Gasteiger partial charge in [0.25, 0.3) is 11.8 Å². The molecule has 16 heteroatoms. The second-order valence-corrected chi connectivity index (χ2v) is 14.5. The number of fused-ring (bicyclic) bond motifs is 4. The Morgan fingerprint density at radius 2 is 1.73 bits per heavy atom. The molecule has 6 atom stereocenters. The number of ether oxygens (including phenoxy) is 1. The van der Waals surface area contributed by atoms with Gasteiger partial charge in [0.05, 0.1) is 34.6 Å². The average Bonchev–Trinajstić information content (AvgIpc) is 3.33. The number of hydrogen-bond donors (Lipinski definition) is 3. The molecule has 3 N–H and O–H groups in total. The lowest BCUT2D eigenvalue weighted by Gasteiger charge is -2.51. The van der Waals surface area contributed by atoms with Gasteiger partial charge < -0.3 is 20.1 Å². The topological polar surface area (TPSA) is 162 Å². The van der Waals surface area contributed by atoms with E-state index in [0.717, 1.165) is 21.9 Å². The molecule has 2 aromatic carbocycles. The molecule has 2 saturated heterocycles. The molecule has 45 heavy (non-hydrogen) atoms. The number of phenolic OH excluding ortho intramolecular Hbond substituents is 1. The van der Waals surface area contributed by atoms with Gasteiger partial charge in [-0.3, -0.25) is 24.1 Å². The Balaban J connectivity index is 1.54. The van der Waals surface area contributed by atoms with E-state index in [1.165, 1.54) is 19.2 Å². The maximum Gasteiger partial charge on any atom is 0.339 e. The van der Waals surface area contributed by atoms with Gasteiger partial charge in [-0.1, -0.05) is 27.6 Å². The van der Waals surface area contributed by atoms with Crippen LogP contribution in [0.2, 0.25) is 0 Å². The van der Waals surface area contributed by atoms with Gasteiger partial charge >= 0.3 is 5.97 Å². The van der Waals surface area contributed by atoms with Crippen LogP contribution in [-0.4, -0.2) is 72.1 Å². The summed E-state index contributed by atoms with van der Waals surface area (Å²) in [5, 5.41) is 30.2. The SMILES string of the molecule is COc1cc([C@H]2C3=CC[C@@H]4C(=O)N(c5ccc(C(=O)O)c(O)c5)C(=O)[C@@H]4[C@@H]3C[C@@]3(Cl)C(=O)N(CBr)C(=O)[C@@]23Cl)c(Br)c(Br)c1O. The number of hydrogen-bond acceptors (Lipinski definition) is 8.